The normalized spacial score (nSPS) is 35.2. The van der Waals surface area contributed by atoms with Crippen molar-refractivity contribution in [2.24, 2.45) is 17.3 Å². The molecule has 4 fully saturated rings. The molecule has 1 aromatic rings. The van der Waals surface area contributed by atoms with Crippen LogP contribution in [0.2, 0.25) is 0 Å². The average molecular weight is 355 g/mol. The van der Waals surface area contributed by atoms with Crippen LogP contribution in [0.25, 0.3) is 6.08 Å². The van der Waals surface area contributed by atoms with Crippen molar-refractivity contribution in [2.75, 3.05) is 13.7 Å². The number of aliphatic hydroxyl groups excluding tert-OH is 1. The molecule has 1 aromatic carbocycles. The van der Waals surface area contributed by atoms with Crippen LogP contribution in [0.15, 0.2) is 30.3 Å². The Bertz CT molecular complexity index is 680. The van der Waals surface area contributed by atoms with Gasteiger partial charge in [0.15, 0.2) is 0 Å². The highest BCUT2D eigenvalue weighted by molar-refractivity contribution is 5.86. The van der Waals surface area contributed by atoms with Crippen molar-refractivity contribution in [1.29, 1.82) is 0 Å². The minimum absolute atomic E-state index is 0.180. The van der Waals surface area contributed by atoms with Gasteiger partial charge >= 0.3 is 5.97 Å². The van der Waals surface area contributed by atoms with Crippen LogP contribution in [0.5, 0.6) is 0 Å². The molecule has 4 nitrogen and oxygen atoms in total. The van der Waals surface area contributed by atoms with E-state index in [1.54, 1.807) is 6.08 Å². The minimum atomic E-state index is -0.338. The molecule has 2 N–H and O–H groups in total. The van der Waals surface area contributed by atoms with Gasteiger partial charge in [-0.1, -0.05) is 24.3 Å². The molecule has 5 rings (SSSR count). The molecule has 0 saturated heterocycles. The van der Waals surface area contributed by atoms with Gasteiger partial charge in [0.25, 0.3) is 0 Å². The summed E-state index contributed by atoms with van der Waals surface area (Å²) in [5.74, 6) is 1.25. The van der Waals surface area contributed by atoms with Gasteiger partial charge in [-0.2, -0.15) is 0 Å². The molecule has 0 radical (unpaired) electrons. The van der Waals surface area contributed by atoms with E-state index in [1.807, 2.05) is 12.1 Å². The summed E-state index contributed by atoms with van der Waals surface area (Å²) in [5.41, 5.74) is 2.65. The Kier molecular flexibility index (Phi) is 4.66. The number of esters is 1. The Morgan fingerprint density at radius 2 is 1.92 bits per heavy atom. The highest BCUT2D eigenvalue weighted by Gasteiger charge is 2.57. The third kappa shape index (κ3) is 3.45. The van der Waals surface area contributed by atoms with Gasteiger partial charge in [0.05, 0.1) is 7.11 Å². The second-order valence-corrected chi connectivity index (χ2v) is 8.85. The van der Waals surface area contributed by atoms with Crippen molar-refractivity contribution in [3.63, 3.8) is 0 Å². The van der Waals surface area contributed by atoms with Crippen LogP contribution in [0.4, 0.5) is 0 Å². The van der Waals surface area contributed by atoms with Crippen LogP contribution >= 0.6 is 0 Å². The molecular formula is C22H29NO3. The SMILES string of the molecule is COC(=O)/C=C/c1ccc(CNC23C[C@@H]4C[C@@H](CC(CO)(C4)C2)C3)cc1. The molecule has 4 atom stereocenters. The van der Waals surface area contributed by atoms with Crippen molar-refractivity contribution in [3.8, 4) is 0 Å². The van der Waals surface area contributed by atoms with E-state index in [1.165, 1.54) is 50.9 Å². The molecule has 4 saturated carbocycles. The molecule has 4 aliphatic carbocycles. The second kappa shape index (κ2) is 6.82. The first-order chi connectivity index (χ1) is 12.5. The second-order valence-electron chi connectivity index (χ2n) is 8.85. The number of hydrogen-bond acceptors (Lipinski definition) is 4. The predicted molar refractivity (Wildman–Crippen MR) is 101 cm³/mol. The number of methoxy groups -OCH3 is 1. The monoisotopic (exact) mass is 355 g/mol. The molecule has 140 valence electrons. The number of ether oxygens (including phenoxy) is 1. The lowest BCUT2D eigenvalue weighted by Crippen LogP contribution is -2.62. The number of hydrogen-bond donors (Lipinski definition) is 2. The molecular weight excluding hydrogens is 326 g/mol. The van der Waals surface area contributed by atoms with E-state index in [4.69, 9.17) is 0 Å². The number of carbonyl (C=O) groups is 1. The van der Waals surface area contributed by atoms with Gasteiger partial charge in [-0.25, -0.2) is 4.79 Å². The van der Waals surface area contributed by atoms with E-state index < -0.39 is 0 Å². The van der Waals surface area contributed by atoms with Crippen LogP contribution in [-0.4, -0.2) is 30.3 Å². The first kappa shape index (κ1) is 17.7. The van der Waals surface area contributed by atoms with Crippen LogP contribution < -0.4 is 5.32 Å². The van der Waals surface area contributed by atoms with Gasteiger partial charge in [0.2, 0.25) is 0 Å². The summed E-state index contributed by atoms with van der Waals surface area (Å²) in [6, 6.07) is 8.30. The summed E-state index contributed by atoms with van der Waals surface area (Å²) in [6.07, 6.45) is 10.7. The quantitative estimate of drug-likeness (QED) is 0.607. The van der Waals surface area contributed by atoms with Crippen molar-refractivity contribution in [1.82, 2.24) is 5.32 Å². The van der Waals surface area contributed by atoms with Crippen LogP contribution in [0.3, 0.4) is 0 Å². The first-order valence-corrected chi connectivity index (χ1v) is 9.75. The molecule has 26 heavy (non-hydrogen) atoms. The van der Waals surface area contributed by atoms with Gasteiger partial charge in [0, 0.05) is 24.8 Å². The van der Waals surface area contributed by atoms with E-state index in [0.29, 0.717) is 6.61 Å². The summed E-state index contributed by atoms with van der Waals surface area (Å²) >= 11 is 0. The molecule has 0 spiro atoms. The van der Waals surface area contributed by atoms with Gasteiger partial charge in [-0.05, 0) is 73.0 Å². The third-order valence-corrected chi connectivity index (χ3v) is 6.78. The van der Waals surface area contributed by atoms with Crippen molar-refractivity contribution in [2.45, 2.75) is 50.6 Å². The van der Waals surface area contributed by atoms with Gasteiger partial charge < -0.3 is 15.2 Å². The molecule has 0 amide bonds. The maximum Gasteiger partial charge on any atom is 0.330 e. The number of nitrogens with one attached hydrogen (secondary N) is 1. The predicted octanol–water partition coefficient (Wildman–Crippen LogP) is 3.29. The molecule has 2 unspecified atom stereocenters. The smallest absolute Gasteiger partial charge is 0.330 e. The Labute approximate surface area is 155 Å². The Morgan fingerprint density at radius 1 is 1.23 bits per heavy atom. The summed E-state index contributed by atoms with van der Waals surface area (Å²) in [7, 11) is 1.38. The van der Waals surface area contributed by atoms with E-state index in [2.05, 4.69) is 22.2 Å². The zero-order valence-electron chi connectivity index (χ0n) is 15.5. The van der Waals surface area contributed by atoms with E-state index >= 15 is 0 Å². The average Bonchev–Trinajstić information content (AvgIpc) is 2.64. The molecule has 0 aromatic heterocycles. The molecule has 4 aliphatic rings. The lowest BCUT2D eigenvalue weighted by Gasteiger charge is -2.62. The maximum atomic E-state index is 11.2. The van der Waals surface area contributed by atoms with Gasteiger partial charge in [-0.3, -0.25) is 0 Å². The number of carbonyl (C=O) groups excluding carboxylic acids is 1. The Hall–Kier alpha value is -1.65. The lowest BCUT2D eigenvalue weighted by molar-refractivity contribution is -0.134. The highest BCUT2D eigenvalue weighted by atomic mass is 16.5. The van der Waals surface area contributed by atoms with Crippen molar-refractivity contribution >= 4 is 12.0 Å². The van der Waals surface area contributed by atoms with E-state index in [9.17, 15) is 9.90 Å². The Balaban J connectivity index is 1.40. The summed E-state index contributed by atoms with van der Waals surface area (Å²) in [5, 5.41) is 13.9. The zero-order chi connectivity index (χ0) is 18.2. The molecule has 0 aliphatic heterocycles. The van der Waals surface area contributed by atoms with Crippen LogP contribution in [0, 0.1) is 17.3 Å². The van der Waals surface area contributed by atoms with E-state index in [0.717, 1.165) is 30.4 Å². The molecule has 4 bridgehead atoms. The molecule has 0 heterocycles. The summed E-state index contributed by atoms with van der Waals surface area (Å²) < 4.78 is 4.62. The summed E-state index contributed by atoms with van der Waals surface area (Å²) in [6.45, 7) is 1.21. The number of benzene rings is 1. The largest absolute Gasteiger partial charge is 0.466 e. The van der Waals surface area contributed by atoms with Crippen LogP contribution in [-0.2, 0) is 16.1 Å². The van der Waals surface area contributed by atoms with Crippen molar-refractivity contribution in [3.05, 3.63) is 41.5 Å². The summed E-state index contributed by atoms with van der Waals surface area (Å²) in [4.78, 5) is 11.2. The first-order valence-electron chi connectivity index (χ1n) is 9.75. The van der Waals surface area contributed by atoms with Crippen LogP contribution in [0.1, 0.15) is 49.7 Å². The third-order valence-electron chi connectivity index (χ3n) is 6.78. The standard InChI is InChI=1S/C22H29NO3/c1-26-20(25)7-6-16-2-4-17(5-3-16)13-23-22-11-18-8-19(12-22)10-21(9-18,14-22)15-24/h2-7,18-19,23-24H,8-15H2,1H3/b7-6+/t18-,19+,21?,22?. The number of aliphatic hydroxyl groups is 1. The fourth-order valence-electron chi connectivity index (χ4n) is 6.11. The zero-order valence-corrected chi connectivity index (χ0v) is 15.5. The van der Waals surface area contributed by atoms with E-state index in [-0.39, 0.29) is 16.9 Å². The topological polar surface area (TPSA) is 58.6 Å². The van der Waals surface area contributed by atoms with Gasteiger partial charge in [0.1, 0.15) is 0 Å². The number of rotatable bonds is 6. The fraction of sp³-hybridized carbons (Fsp3) is 0.591. The lowest BCUT2D eigenvalue weighted by atomic mass is 9.47. The van der Waals surface area contributed by atoms with Crippen molar-refractivity contribution < 1.29 is 14.6 Å². The van der Waals surface area contributed by atoms with Gasteiger partial charge in [-0.15, -0.1) is 0 Å². The maximum absolute atomic E-state index is 11.2. The highest BCUT2D eigenvalue weighted by Crippen LogP contribution is 2.61. The molecule has 4 heteroatoms. The fourth-order valence-corrected chi connectivity index (χ4v) is 6.11. The minimum Gasteiger partial charge on any atom is -0.466 e. The Morgan fingerprint density at radius 3 is 2.54 bits per heavy atom.